The van der Waals surface area contributed by atoms with E-state index >= 15 is 0 Å². The molecule has 0 bridgehead atoms. The number of hydrogen-bond donors (Lipinski definition) is 1. The third-order valence-electron chi connectivity index (χ3n) is 8.82. The summed E-state index contributed by atoms with van der Waals surface area (Å²) in [6.07, 6.45) is 2.80. The van der Waals surface area contributed by atoms with Gasteiger partial charge in [0.25, 0.3) is 5.91 Å². The molecule has 8 aromatic rings. The summed E-state index contributed by atoms with van der Waals surface area (Å²) in [5.41, 5.74) is 4.17. The fraction of sp³-hybridized carbons (Fsp3) is 0.0789. The van der Waals surface area contributed by atoms with Crippen LogP contribution in [0.1, 0.15) is 10.4 Å². The van der Waals surface area contributed by atoms with Crippen LogP contribution in [-0.2, 0) is 10.0 Å². The number of sulfonamides is 1. The lowest BCUT2D eigenvalue weighted by Gasteiger charge is -2.21. The quantitative estimate of drug-likeness (QED) is 0.179. The molecule has 0 aliphatic rings. The van der Waals surface area contributed by atoms with Crippen molar-refractivity contribution in [2.75, 3.05) is 24.7 Å². The molecule has 0 radical (unpaired) electrons. The van der Waals surface area contributed by atoms with Gasteiger partial charge in [-0.05, 0) is 66.2 Å². The lowest BCUT2D eigenvalue weighted by molar-refractivity contribution is 0.0964. The highest BCUT2D eigenvalue weighted by atomic mass is 32.2. The molecule has 0 aliphatic heterocycles. The van der Waals surface area contributed by atoms with E-state index in [1.807, 2.05) is 24.3 Å². The van der Waals surface area contributed by atoms with Crippen molar-refractivity contribution < 1.29 is 30.8 Å². The third kappa shape index (κ3) is 5.38. The molecule has 13 heteroatoms. The van der Waals surface area contributed by atoms with Gasteiger partial charge < -0.3 is 14.2 Å². The Kier molecular flexibility index (Phi) is 7.45. The number of furan rings is 1. The number of rotatable bonds is 7. The molecule has 8 rings (SSSR count). The van der Waals surface area contributed by atoms with Crippen LogP contribution >= 0.6 is 0 Å². The summed E-state index contributed by atoms with van der Waals surface area (Å²) in [6, 6.07) is 26.2. The predicted molar refractivity (Wildman–Crippen MR) is 191 cm³/mol. The minimum absolute atomic E-state index is 0.0510. The molecule has 0 saturated carbocycles. The molecule has 0 aliphatic carbocycles. The van der Waals surface area contributed by atoms with Crippen LogP contribution in [-0.4, -0.2) is 49.4 Å². The van der Waals surface area contributed by atoms with Crippen molar-refractivity contribution in [2.45, 2.75) is 0 Å². The van der Waals surface area contributed by atoms with E-state index in [1.54, 1.807) is 47.3 Å². The molecule has 0 spiro atoms. The summed E-state index contributed by atoms with van der Waals surface area (Å²) in [6.45, 7) is 0. The molecule has 5 aromatic carbocycles. The van der Waals surface area contributed by atoms with Gasteiger partial charge in [0, 0.05) is 42.1 Å². The monoisotopic (exact) mass is 703 g/mol. The zero-order valence-electron chi connectivity index (χ0n) is 27.3. The molecule has 3 aromatic heterocycles. The van der Waals surface area contributed by atoms with E-state index < -0.39 is 27.6 Å². The Morgan fingerprint density at radius 2 is 1.63 bits per heavy atom. The number of carbonyl (C=O) groups excluding carboxylic acids is 1. The molecule has 254 valence electrons. The Hall–Kier alpha value is -6.34. The van der Waals surface area contributed by atoms with Crippen LogP contribution in [0.5, 0.6) is 0 Å². The SMILES string of the molecule is CNC(=O)c1c(-c2ccc(F)cc2)oc2cc(N(C)S(C)(=O)=O)c(-c3ccc(-n4ncc5ccccc54)c(-c4nc5c(F)cccc5o4)c3)cc12. The van der Waals surface area contributed by atoms with Gasteiger partial charge in [-0.2, -0.15) is 5.10 Å². The minimum Gasteiger partial charge on any atom is -0.455 e. The van der Waals surface area contributed by atoms with Crippen molar-refractivity contribution >= 4 is 54.6 Å². The van der Waals surface area contributed by atoms with Gasteiger partial charge in [0.1, 0.15) is 22.7 Å². The molecule has 1 amide bonds. The fourth-order valence-corrected chi connectivity index (χ4v) is 6.72. The van der Waals surface area contributed by atoms with E-state index in [1.165, 1.54) is 50.5 Å². The first-order valence-corrected chi connectivity index (χ1v) is 17.5. The lowest BCUT2D eigenvalue weighted by atomic mass is 9.96. The molecular formula is C38H27F2N5O5S. The van der Waals surface area contributed by atoms with Crippen LogP contribution in [0.3, 0.4) is 0 Å². The molecule has 0 atom stereocenters. The number of benzene rings is 5. The third-order valence-corrected chi connectivity index (χ3v) is 10.0. The molecule has 10 nitrogen and oxygen atoms in total. The van der Waals surface area contributed by atoms with Gasteiger partial charge in [-0.3, -0.25) is 9.10 Å². The summed E-state index contributed by atoms with van der Waals surface area (Å²) in [5, 5.41) is 8.55. The van der Waals surface area contributed by atoms with Crippen molar-refractivity contribution in [3.05, 3.63) is 120 Å². The standard InChI is InChI=1S/C38H27F2N5O5S/c1-41-37(46)34-27-18-25(31(44(2)51(3,47)48)19-33(27)49-36(34)21-11-14-24(39)15-12-21)22-13-16-30(45-29-9-5-4-7-23(29)20-42-45)26(17-22)38-43-35-28(40)8-6-10-32(35)50-38/h4-20H,1-3H3,(H,41,46). The number of para-hydroxylation sites is 2. The Bertz CT molecular complexity index is 2790. The van der Waals surface area contributed by atoms with Crippen molar-refractivity contribution in [1.82, 2.24) is 20.1 Å². The first-order valence-electron chi connectivity index (χ1n) is 15.7. The summed E-state index contributed by atoms with van der Waals surface area (Å²) in [4.78, 5) is 17.9. The normalized spacial score (nSPS) is 11.9. The molecule has 3 heterocycles. The molecule has 51 heavy (non-hydrogen) atoms. The lowest BCUT2D eigenvalue weighted by Crippen LogP contribution is -2.25. The second kappa shape index (κ2) is 11.9. The van der Waals surface area contributed by atoms with E-state index in [0.29, 0.717) is 33.3 Å². The average molecular weight is 704 g/mol. The van der Waals surface area contributed by atoms with Crippen molar-refractivity contribution in [1.29, 1.82) is 0 Å². The first kappa shape index (κ1) is 31.9. The summed E-state index contributed by atoms with van der Waals surface area (Å²) >= 11 is 0. The second-order valence-corrected chi connectivity index (χ2v) is 14.0. The van der Waals surface area contributed by atoms with E-state index in [-0.39, 0.29) is 39.6 Å². The van der Waals surface area contributed by atoms with Crippen molar-refractivity contribution in [3.63, 3.8) is 0 Å². The van der Waals surface area contributed by atoms with Crippen molar-refractivity contribution in [2.24, 2.45) is 0 Å². The maximum Gasteiger partial charge on any atom is 0.255 e. The smallest absolute Gasteiger partial charge is 0.255 e. The predicted octanol–water partition coefficient (Wildman–Crippen LogP) is 7.95. The molecule has 0 unspecified atom stereocenters. The summed E-state index contributed by atoms with van der Waals surface area (Å²) < 4.78 is 69.9. The van der Waals surface area contributed by atoms with Crippen LogP contribution in [0.2, 0.25) is 0 Å². The molecular weight excluding hydrogens is 677 g/mol. The Balaban J connectivity index is 1.42. The van der Waals surface area contributed by atoms with Gasteiger partial charge >= 0.3 is 0 Å². The number of hydrogen-bond acceptors (Lipinski definition) is 7. The summed E-state index contributed by atoms with van der Waals surface area (Å²) in [5.74, 6) is -1.17. The maximum absolute atomic E-state index is 14.9. The fourth-order valence-electron chi connectivity index (χ4n) is 6.21. The van der Waals surface area contributed by atoms with E-state index in [2.05, 4.69) is 15.4 Å². The number of nitrogens with zero attached hydrogens (tertiary/aromatic N) is 4. The summed E-state index contributed by atoms with van der Waals surface area (Å²) in [7, 11) is -0.908. The van der Waals surface area contributed by atoms with E-state index in [0.717, 1.165) is 21.5 Å². The van der Waals surface area contributed by atoms with Gasteiger partial charge in [-0.25, -0.2) is 26.9 Å². The molecule has 0 saturated heterocycles. The zero-order chi connectivity index (χ0) is 35.6. The highest BCUT2D eigenvalue weighted by molar-refractivity contribution is 7.92. The number of aromatic nitrogens is 3. The average Bonchev–Trinajstić information content (AvgIpc) is 3.86. The highest BCUT2D eigenvalue weighted by Gasteiger charge is 2.27. The number of nitrogens with one attached hydrogen (secondary N) is 1. The Morgan fingerprint density at radius 3 is 2.37 bits per heavy atom. The van der Waals surface area contributed by atoms with Gasteiger partial charge in [0.05, 0.1) is 40.5 Å². The number of anilines is 1. The van der Waals surface area contributed by atoms with Gasteiger partial charge in [0.2, 0.25) is 15.9 Å². The Morgan fingerprint density at radius 1 is 0.863 bits per heavy atom. The van der Waals surface area contributed by atoms with Crippen LogP contribution < -0.4 is 9.62 Å². The maximum atomic E-state index is 14.9. The number of halogens is 2. The highest BCUT2D eigenvalue weighted by Crippen LogP contribution is 2.43. The first-order chi connectivity index (χ1) is 24.5. The van der Waals surface area contributed by atoms with Gasteiger partial charge in [-0.1, -0.05) is 30.3 Å². The zero-order valence-corrected chi connectivity index (χ0v) is 28.1. The number of fused-ring (bicyclic) bond motifs is 3. The molecule has 0 fully saturated rings. The van der Waals surface area contributed by atoms with Gasteiger partial charge in [0.15, 0.2) is 11.4 Å². The van der Waals surface area contributed by atoms with Crippen LogP contribution in [0.15, 0.2) is 112 Å². The number of amides is 1. The Labute approximate surface area is 289 Å². The number of oxazole rings is 1. The second-order valence-electron chi connectivity index (χ2n) is 11.9. The number of carbonyl (C=O) groups is 1. The van der Waals surface area contributed by atoms with Crippen LogP contribution in [0, 0.1) is 11.6 Å². The minimum atomic E-state index is -3.80. The largest absolute Gasteiger partial charge is 0.455 e. The van der Waals surface area contributed by atoms with Crippen LogP contribution in [0.25, 0.3) is 72.6 Å². The van der Waals surface area contributed by atoms with E-state index in [4.69, 9.17) is 8.83 Å². The topological polar surface area (TPSA) is 123 Å². The van der Waals surface area contributed by atoms with Gasteiger partial charge in [-0.15, -0.1) is 0 Å². The van der Waals surface area contributed by atoms with E-state index in [9.17, 15) is 22.0 Å². The van der Waals surface area contributed by atoms with Crippen molar-refractivity contribution in [3.8, 4) is 39.6 Å². The molecule has 1 N–H and O–H groups in total. The van der Waals surface area contributed by atoms with Crippen LogP contribution in [0.4, 0.5) is 14.5 Å².